The molecule has 2 aliphatic rings. The number of anilines is 1. The zero-order valence-corrected chi connectivity index (χ0v) is 16.9. The average molecular weight is 394 g/mol. The second-order valence-electron chi connectivity index (χ2n) is 7.42. The smallest absolute Gasteiger partial charge is 0.243 e. The zero-order chi connectivity index (χ0) is 19.8. The lowest BCUT2D eigenvalue weighted by Crippen LogP contribution is -2.44. The second kappa shape index (κ2) is 7.59. The molecule has 2 aliphatic heterocycles. The van der Waals surface area contributed by atoms with Crippen LogP contribution >= 0.6 is 0 Å². The van der Waals surface area contributed by atoms with Crippen LogP contribution in [-0.4, -0.2) is 50.7 Å². The van der Waals surface area contributed by atoms with Gasteiger partial charge >= 0.3 is 0 Å². The van der Waals surface area contributed by atoms with E-state index in [9.17, 15) is 18.0 Å². The van der Waals surface area contributed by atoms with E-state index in [0.717, 1.165) is 17.7 Å². The summed E-state index contributed by atoms with van der Waals surface area (Å²) in [6.07, 6.45) is 2.14. The van der Waals surface area contributed by atoms with E-state index in [2.05, 4.69) is 5.32 Å². The number of piperidine rings is 1. The number of carbonyl (C=O) groups is 2. The van der Waals surface area contributed by atoms with Crippen molar-refractivity contribution in [3.05, 3.63) is 23.8 Å². The zero-order valence-electron chi connectivity index (χ0n) is 16.1. The average Bonchev–Trinajstić information content (AvgIpc) is 2.95. The highest BCUT2D eigenvalue weighted by molar-refractivity contribution is 7.89. The molecular formula is C19H27N3O4S. The second-order valence-corrected chi connectivity index (χ2v) is 9.35. The molecule has 8 heteroatoms. The number of hydrogen-bond acceptors (Lipinski definition) is 4. The van der Waals surface area contributed by atoms with Gasteiger partial charge in [-0.2, -0.15) is 4.31 Å². The fraction of sp³-hybridized carbons (Fsp3) is 0.579. The van der Waals surface area contributed by atoms with Gasteiger partial charge < -0.3 is 10.2 Å². The highest BCUT2D eigenvalue weighted by atomic mass is 32.2. The van der Waals surface area contributed by atoms with Crippen LogP contribution in [0.1, 0.15) is 38.7 Å². The normalized spacial score (nSPS) is 19.8. The lowest BCUT2D eigenvalue weighted by atomic mass is 9.97. The van der Waals surface area contributed by atoms with Gasteiger partial charge in [-0.25, -0.2) is 8.42 Å². The van der Waals surface area contributed by atoms with Gasteiger partial charge in [0.2, 0.25) is 21.8 Å². The molecule has 0 spiro atoms. The Labute approximate surface area is 160 Å². The van der Waals surface area contributed by atoms with Crippen molar-refractivity contribution in [3.8, 4) is 0 Å². The molecule has 27 heavy (non-hydrogen) atoms. The number of hydrogen-bond donors (Lipinski definition) is 1. The van der Waals surface area contributed by atoms with Crippen molar-refractivity contribution >= 4 is 27.5 Å². The number of amides is 2. The standard InChI is InChI=1S/C19H27N3O4S/c1-4-13(2)20-19(24)14-7-9-22(10-8-14)27(25,26)16-5-6-17-15(11-16)12-18(23)21(17)3/h5-6,11,13-14H,4,7-10,12H2,1-3H3,(H,20,24). The summed E-state index contributed by atoms with van der Waals surface area (Å²) in [6.45, 7) is 4.64. The number of rotatable bonds is 5. The van der Waals surface area contributed by atoms with Crippen LogP contribution < -0.4 is 10.2 Å². The van der Waals surface area contributed by atoms with Crippen LogP contribution in [0.4, 0.5) is 5.69 Å². The van der Waals surface area contributed by atoms with Gasteiger partial charge in [0.1, 0.15) is 0 Å². The van der Waals surface area contributed by atoms with Gasteiger partial charge in [-0.05, 0) is 49.9 Å². The van der Waals surface area contributed by atoms with Crippen LogP contribution in [0.5, 0.6) is 0 Å². The van der Waals surface area contributed by atoms with Crippen molar-refractivity contribution in [2.45, 2.75) is 50.5 Å². The Morgan fingerprint density at radius 3 is 2.59 bits per heavy atom. The number of sulfonamides is 1. The Kier molecular flexibility index (Phi) is 5.58. The van der Waals surface area contributed by atoms with E-state index in [0.29, 0.717) is 25.9 Å². The molecule has 0 radical (unpaired) electrons. The largest absolute Gasteiger partial charge is 0.353 e. The van der Waals surface area contributed by atoms with Gasteiger partial charge in [-0.1, -0.05) is 6.92 Å². The first-order chi connectivity index (χ1) is 12.7. The highest BCUT2D eigenvalue weighted by Crippen LogP contribution is 2.31. The molecule has 0 saturated carbocycles. The van der Waals surface area contributed by atoms with Crippen molar-refractivity contribution in [2.75, 3.05) is 25.0 Å². The predicted octanol–water partition coefficient (Wildman–Crippen LogP) is 1.52. The minimum Gasteiger partial charge on any atom is -0.353 e. The lowest BCUT2D eigenvalue weighted by molar-refractivity contribution is -0.126. The van der Waals surface area contributed by atoms with Crippen LogP contribution in [0.15, 0.2) is 23.1 Å². The molecule has 1 saturated heterocycles. The Balaban J connectivity index is 1.68. The van der Waals surface area contributed by atoms with Gasteiger partial charge in [0.15, 0.2) is 0 Å². The molecule has 0 aromatic heterocycles. The van der Waals surface area contributed by atoms with Crippen LogP contribution in [0.2, 0.25) is 0 Å². The topological polar surface area (TPSA) is 86.8 Å². The van der Waals surface area contributed by atoms with E-state index in [4.69, 9.17) is 0 Å². The highest BCUT2D eigenvalue weighted by Gasteiger charge is 2.33. The predicted molar refractivity (Wildman–Crippen MR) is 103 cm³/mol. The molecule has 1 N–H and O–H groups in total. The number of nitrogens with one attached hydrogen (secondary N) is 1. The van der Waals surface area contributed by atoms with E-state index in [-0.39, 0.29) is 35.1 Å². The van der Waals surface area contributed by atoms with Gasteiger partial charge in [0.05, 0.1) is 11.3 Å². The molecular weight excluding hydrogens is 366 g/mol. The number of fused-ring (bicyclic) bond motifs is 1. The van der Waals surface area contributed by atoms with E-state index < -0.39 is 10.0 Å². The summed E-state index contributed by atoms with van der Waals surface area (Å²) < 4.78 is 27.4. The molecule has 1 aromatic rings. The minimum absolute atomic E-state index is 0.0143. The van der Waals surface area contributed by atoms with Crippen molar-refractivity contribution in [3.63, 3.8) is 0 Å². The van der Waals surface area contributed by atoms with Crippen molar-refractivity contribution in [2.24, 2.45) is 5.92 Å². The third-order valence-electron chi connectivity index (χ3n) is 5.59. The number of benzene rings is 1. The maximum absolute atomic E-state index is 13.0. The summed E-state index contributed by atoms with van der Waals surface area (Å²) in [5.41, 5.74) is 1.51. The fourth-order valence-corrected chi connectivity index (χ4v) is 5.10. The molecule has 2 amide bonds. The van der Waals surface area contributed by atoms with E-state index in [1.807, 2.05) is 13.8 Å². The van der Waals surface area contributed by atoms with Crippen molar-refractivity contribution < 1.29 is 18.0 Å². The summed E-state index contributed by atoms with van der Waals surface area (Å²) in [4.78, 5) is 25.9. The molecule has 1 aromatic carbocycles. The first-order valence-corrected chi connectivity index (χ1v) is 10.9. The lowest BCUT2D eigenvalue weighted by Gasteiger charge is -2.31. The Morgan fingerprint density at radius 2 is 1.96 bits per heavy atom. The third-order valence-corrected chi connectivity index (χ3v) is 7.49. The molecule has 3 rings (SSSR count). The number of likely N-dealkylation sites (N-methyl/N-ethyl adjacent to an activating group) is 1. The van der Waals surface area contributed by atoms with Gasteiger partial charge in [-0.15, -0.1) is 0 Å². The molecule has 148 valence electrons. The summed E-state index contributed by atoms with van der Waals surface area (Å²) in [5, 5.41) is 2.98. The fourth-order valence-electron chi connectivity index (χ4n) is 3.58. The number of carbonyl (C=O) groups excluding carboxylic acids is 2. The van der Waals surface area contributed by atoms with E-state index in [1.54, 1.807) is 30.1 Å². The van der Waals surface area contributed by atoms with Crippen LogP contribution in [0.25, 0.3) is 0 Å². The molecule has 0 bridgehead atoms. The SMILES string of the molecule is CCC(C)NC(=O)C1CCN(S(=O)(=O)c2ccc3c(c2)CC(=O)N3C)CC1. The molecule has 1 unspecified atom stereocenters. The summed E-state index contributed by atoms with van der Waals surface area (Å²) in [6, 6.07) is 4.99. The van der Waals surface area contributed by atoms with Gasteiger partial charge in [0.25, 0.3) is 0 Å². The molecule has 1 fully saturated rings. The van der Waals surface area contributed by atoms with Gasteiger partial charge in [0, 0.05) is 37.8 Å². The minimum atomic E-state index is -3.62. The van der Waals surface area contributed by atoms with E-state index in [1.165, 1.54) is 4.31 Å². The number of nitrogens with zero attached hydrogens (tertiary/aromatic N) is 2. The van der Waals surface area contributed by atoms with E-state index >= 15 is 0 Å². The van der Waals surface area contributed by atoms with Crippen molar-refractivity contribution in [1.29, 1.82) is 0 Å². The molecule has 7 nitrogen and oxygen atoms in total. The van der Waals surface area contributed by atoms with Crippen molar-refractivity contribution in [1.82, 2.24) is 9.62 Å². The molecule has 0 aliphatic carbocycles. The molecule has 2 heterocycles. The molecule has 1 atom stereocenters. The summed E-state index contributed by atoms with van der Waals surface area (Å²) in [7, 11) is -1.93. The Morgan fingerprint density at radius 1 is 1.30 bits per heavy atom. The summed E-state index contributed by atoms with van der Waals surface area (Å²) in [5.74, 6) is -0.162. The van der Waals surface area contributed by atoms with Gasteiger partial charge in [-0.3, -0.25) is 9.59 Å². The Hall–Kier alpha value is -1.93. The Bertz CT molecular complexity index is 845. The third kappa shape index (κ3) is 3.87. The van der Waals surface area contributed by atoms with Crippen LogP contribution in [0, 0.1) is 5.92 Å². The summed E-state index contributed by atoms with van der Waals surface area (Å²) >= 11 is 0. The quantitative estimate of drug-likeness (QED) is 0.822. The maximum atomic E-state index is 13.0. The van der Waals surface area contributed by atoms with Crippen LogP contribution in [0.3, 0.4) is 0 Å². The maximum Gasteiger partial charge on any atom is 0.243 e. The van der Waals surface area contributed by atoms with Crippen LogP contribution in [-0.2, 0) is 26.0 Å². The first kappa shape index (κ1) is 19.8. The monoisotopic (exact) mass is 393 g/mol. The first-order valence-electron chi connectivity index (χ1n) is 9.44.